The number of amides is 1. The average molecular weight is 566 g/mol. The first kappa shape index (κ1) is 30.4. The number of ether oxygens (including phenoxy) is 5. The van der Waals surface area contributed by atoms with Gasteiger partial charge < -0.3 is 28.6 Å². The molecule has 2 aliphatic heterocycles. The summed E-state index contributed by atoms with van der Waals surface area (Å²) in [5.74, 6) is -2.54. The lowest BCUT2D eigenvalue weighted by Gasteiger charge is -2.30. The van der Waals surface area contributed by atoms with Crippen molar-refractivity contribution in [2.45, 2.75) is 58.2 Å². The van der Waals surface area contributed by atoms with Gasteiger partial charge in [0.05, 0.1) is 15.8 Å². The second-order valence-electron chi connectivity index (χ2n) is 9.83. The molecule has 0 radical (unpaired) electrons. The number of rotatable bonds is 10. The highest BCUT2D eigenvalue weighted by atomic mass is 16.8. The van der Waals surface area contributed by atoms with Crippen LogP contribution in [0.5, 0.6) is 0 Å². The van der Waals surface area contributed by atoms with Gasteiger partial charge in [0.25, 0.3) is 11.4 Å². The Hall–Kier alpha value is -4.11. The van der Waals surface area contributed by atoms with Gasteiger partial charge in [-0.2, -0.15) is 0 Å². The number of hydrogen-bond acceptors (Lipinski definition) is 12. The highest BCUT2D eigenvalue weighted by molar-refractivity contribution is 5.86. The Morgan fingerprint density at radius 2 is 1.52 bits per heavy atom. The summed E-state index contributed by atoms with van der Waals surface area (Å²) in [4.78, 5) is 59.2. The van der Waals surface area contributed by atoms with Gasteiger partial charge in [0.1, 0.15) is 37.6 Å². The second kappa shape index (κ2) is 12.8. The van der Waals surface area contributed by atoms with Gasteiger partial charge in [-0.1, -0.05) is 6.58 Å². The monoisotopic (exact) mass is 565 g/mol. The van der Waals surface area contributed by atoms with Crippen LogP contribution in [0.2, 0.25) is 0 Å². The molecule has 0 bridgehead atoms. The number of benzene rings is 1. The molecular formula is C25H31N3O12. The number of hydrogen-bond donors (Lipinski definition) is 0. The van der Waals surface area contributed by atoms with E-state index in [9.17, 15) is 34.6 Å². The predicted octanol–water partition coefficient (Wildman–Crippen LogP) is 3.03. The Bertz CT molecular complexity index is 1140. The molecule has 0 aromatic heterocycles. The Kier molecular flexibility index (Phi) is 9.76. The summed E-state index contributed by atoms with van der Waals surface area (Å²) in [6, 6.07) is 3.36. The molecule has 2 aliphatic rings. The molecule has 2 heterocycles. The Balaban J connectivity index is 1.48. The van der Waals surface area contributed by atoms with Crippen molar-refractivity contribution in [3.63, 3.8) is 0 Å². The molecule has 15 heteroatoms. The molecule has 1 amide bonds. The molecule has 1 aromatic carbocycles. The van der Waals surface area contributed by atoms with Crippen molar-refractivity contribution in [1.82, 2.24) is 4.90 Å². The van der Waals surface area contributed by atoms with E-state index < -0.39 is 69.8 Å². The first-order valence-electron chi connectivity index (χ1n) is 12.5. The van der Waals surface area contributed by atoms with E-state index in [2.05, 4.69) is 6.58 Å². The first-order valence-corrected chi connectivity index (χ1v) is 12.5. The summed E-state index contributed by atoms with van der Waals surface area (Å²) in [7, 11) is 0. The molecule has 1 aromatic rings. The SMILES string of the molecule is C=C(C)C(=O)OCC1OC(C)(C)OC1COC(=O)C1CCN(C(=O)OCc2c([N+](=O)[O-])cccc2[N+](=O)[O-])CC1. The number of carbonyl (C=O) groups excluding carboxylic acids is 3. The molecule has 2 fully saturated rings. The quantitative estimate of drug-likeness (QED) is 0.133. The Morgan fingerprint density at radius 3 is 2.02 bits per heavy atom. The van der Waals surface area contributed by atoms with Crippen molar-refractivity contribution in [3.05, 3.63) is 56.1 Å². The first-order chi connectivity index (χ1) is 18.8. The summed E-state index contributed by atoms with van der Waals surface area (Å²) < 4.78 is 27.3. The molecule has 40 heavy (non-hydrogen) atoms. The largest absolute Gasteiger partial charge is 0.463 e. The zero-order valence-corrected chi connectivity index (χ0v) is 22.4. The maximum Gasteiger partial charge on any atom is 0.410 e. The Labute approximate surface area is 229 Å². The number of nitrogens with zero attached hydrogens (tertiary/aromatic N) is 3. The fourth-order valence-electron chi connectivity index (χ4n) is 4.33. The van der Waals surface area contributed by atoms with E-state index in [1.54, 1.807) is 13.8 Å². The van der Waals surface area contributed by atoms with Crippen LogP contribution in [0.4, 0.5) is 16.2 Å². The van der Waals surface area contributed by atoms with E-state index >= 15 is 0 Å². The van der Waals surface area contributed by atoms with Crippen molar-refractivity contribution in [3.8, 4) is 0 Å². The molecule has 0 N–H and O–H groups in total. The number of esters is 2. The van der Waals surface area contributed by atoms with Crippen LogP contribution in [0, 0.1) is 26.1 Å². The van der Waals surface area contributed by atoms with E-state index in [0.717, 1.165) is 12.1 Å². The summed E-state index contributed by atoms with van der Waals surface area (Å²) in [6.07, 6.45) is -1.60. The molecule has 218 valence electrons. The minimum Gasteiger partial charge on any atom is -0.463 e. The average Bonchev–Trinajstić information content (AvgIpc) is 3.21. The molecule has 0 aliphatic carbocycles. The molecular weight excluding hydrogens is 534 g/mol. The van der Waals surface area contributed by atoms with E-state index in [-0.39, 0.29) is 50.3 Å². The minimum absolute atomic E-state index is 0.104. The number of piperidine rings is 1. The predicted molar refractivity (Wildman–Crippen MR) is 135 cm³/mol. The Morgan fingerprint density at radius 1 is 1.00 bits per heavy atom. The van der Waals surface area contributed by atoms with E-state index in [0.29, 0.717) is 0 Å². The maximum absolute atomic E-state index is 12.7. The summed E-state index contributed by atoms with van der Waals surface area (Å²) in [5, 5.41) is 22.5. The van der Waals surface area contributed by atoms with Crippen LogP contribution in [0.25, 0.3) is 0 Å². The molecule has 15 nitrogen and oxygen atoms in total. The standard InChI is InChI=1S/C25H31N3O12/c1-15(2)22(29)36-13-20-21(40-25(3,4)39-20)14-37-23(30)16-8-10-26(11-9-16)24(31)38-12-17-18(27(32)33)6-5-7-19(17)28(34)35/h5-7,16,20-21H,1,8-14H2,2-4H3. The third kappa shape index (κ3) is 7.72. The van der Waals surface area contributed by atoms with Crippen LogP contribution in [0.15, 0.2) is 30.4 Å². The zero-order valence-electron chi connectivity index (χ0n) is 22.4. The number of carbonyl (C=O) groups is 3. The van der Waals surface area contributed by atoms with Gasteiger partial charge in [0.2, 0.25) is 0 Å². The topological polar surface area (TPSA) is 187 Å². The van der Waals surface area contributed by atoms with Crippen molar-refractivity contribution in [2.24, 2.45) is 5.92 Å². The molecule has 3 rings (SSSR count). The van der Waals surface area contributed by atoms with Crippen molar-refractivity contribution < 1.29 is 47.9 Å². The summed E-state index contributed by atoms with van der Waals surface area (Å²) >= 11 is 0. The van der Waals surface area contributed by atoms with Crippen LogP contribution in [-0.4, -0.2) is 77.1 Å². The van der Waals surface area contributed by atoms with Crippen LogP contribution in [-0.2, 0) is 39.9 Å². The van der Waals surface area contributed by atoms with E-state index in [1.807, 2.05) is 0 Å². The van der Waals surface area contributed by atoms with Gasteiger partial charge >= 0.3 is 18.0 Å². The molecule has 2 atom stereocenters. The van der Waals surface area contributed by atoms with Gasteiger partial charge in [-0.15, -0.1) is 0 Å². The van der Waals surface area contributed by atoms with E-state index in [4.69, 9.17) is 23.7 Å². The molecule has 0 saturated carbocycles. The summed E-state index contributed by atoms with van der Waals surface area (Å²) in [5.41, 5.74) is -1.14. The van der Waals surface area contributed by atoms with Crippen molar-refractivity contribution >= 4 is 29.4 Å². The van der Waals surface area contributed by atoms with Gasteiger partial charge in [-0.3, -0.25) is 25.0 Å². The number of likely N-dealkylation sites (tertiary alicyclic amines) is 1. The van der Waals surface area contributed by atoms with Crippen molar-refractivity contribution in [2.75, 3.05) is 26.3 Å². The van der Waals surface area contributed by atoms with Crippen LogP contribution in [0.3, 0.4) is 0 Å². The van der Waals surface area contributed by atoms with Gasteiger partial charge in [-0.25, -0.2) is 9.59 Å². The number of nitro benzene ring substituents is 2. The molecule has 2 saturated heterocycles. The lowest BCUT2D eigenvalue weighted by Crippen LogP contribution is -2.41. The highest BCUT2D eigenvalue weighted by Gasteiger charge is 2.43. The third-order valence-electron chi connectivity index (χ3n) is 6.35. The minimum atomic E-state index is -0.969. The number of nitro groups is 2. The maximum atomic E-state index is 12.7. The lowest BCUT2D eigenvalue weighted by atomic mass is 9.97. The fourth-order valence-corrected chi connectivity index (χ4v) is 4.33. The smallest absolute Gasteiger partial charge is 0.410 e. The lowest BCUT2D eigenvalue weighted by molar-refractivity contribution is -0.396. The molecule has 2 unspecified atom stereocenters. The summed E-state index contributed by atoms with van der Waals surface area (Å²) in [6.45, 7) is 7.81. The van der Waals surface area contributed by atoms with Gasteiger partial charge in [0, 0.05) is 30.8 Å². The molecule has 0 spiro atoms. The second-order valence-corrected chi connectivity index (χ2v) is 9.83. The van der Waals surface area contributed by atoms with E-state index in [1.165, 1.54) is 17.9 Å². The highest BCUT2D eigenvalue weighted by Crippen LogP contribution is 2.31. The van der Waals surface area contributed by atoms with Gasteiger partial charge in [-0.05, 0) is 39.7 Å². The zero-order chi connectivity index (χ0) is 29.6. The fraction of sp³-hybridized carbons (Fsp3) is 0.560. The van der Waals surface area contributed by atoms with Crippen molar-refractivity contribution in [1.29, 1.82) is 0 Å². The third-order valence-corrected chi connectivity index (χ3v) is 6.35. The van der Waals surface area contributed by atoms with Crippen LogP contribution >= 0.6 is 0 Å². The van der Waals surface area contributed by atoms with Crippen LogP contribution in [0.1, 0.15) is 39.2 Å². The van der Waals surface area contributed by atoms with Gasteiger partial charge in [0.15, 0.2) is 5.79 Å². The normalized spacial score (nSPS) is 20.4. The van der Waals surface area contributed by atoms with Crippen LogP contribution < -0.4 is 0 Å².